The molecule has 1 aromatic carbocycles. The zero-order valence-corrected chi connectivity index (χ0v) is 29.6. The van der Waals surface area contributed by atoms with Gasteiger partial charge in [-0.25, -0.2) is 0 Å². The van der Waals surface area contributed by atoms with Crippen LogP contribution in [-0.2, 0) is 20.8 Å². The van der Waals surface area contributed by atoms with E-state index in [0.717, 1.165) is 42.6 Å². The topological polar surface area (TPSA) is 122 Å². The molecule has 4 N–H and O–H groups in total. The number of halogens is 3. The number of amides is 3. The van der Waals surface area contributed by atoms with Crippen LogP contribution in [-0.4, -0.2) is 102 Å². The summed E-state index contributed by atoms with van der Waals surface area (Å²) < 4.78 is 38.3. The zero-order chi connectivity index (χ0) is 37.3. The van der Waals surface area contributed by atoms with E-state index in [9.17, 15) is 37.8 Å². The lowest BCUT2D eigenvalue weighted by Gasteiger charge is -2.34. The molecule has 3 amide bonds. The third-order valence-electron chi connectivity index (χ3n) is 9.42. The van der Waals surface area contributed by atoms with Crippen molar-refractivity contribution in [3.05, 3.63) is 35.9 Å². The lowest BCUT2D eigenvalue weighted by Crippen LogP contribution is -2.57. The Balaban J connectivity index is 2.25. The second-order valence-electron chi connectivity index (χ2n) is 13.7. The lowest BCUT2D eigenvalue weighted by molar-refractivity contribution is -0.144. The highest BCUT2D eigenvalue weighted by Crippen LogP contribution is 2.29. The predicted molar refractivity (Wildman–Crippen MR) is 187 cm³/mol. The number of terminal acetylenes is 2. The number of likely N-dealkylation sites (N-methyl/N-ethyl adjacent to an activating group) is 2. The quantitative estimate of drug-likeness (QED) is 0.121. The van der Waals surface area contributed by atoms with Crippen molar-refractivity contribution in [3.63, 3.8) is 0 Å². The number of carbonyl (C=O) groups is 3. The minimum Gasteiger partial charge on any atom is -0.390 e. The van der Waals surface area contributed by atoms with Gasteiger partial charge < -0.3 is 25.7 Å². The molecule has 0 spiro atoms. The Morgan fingerprint density at radius 3 is 2.26 bits per heavy atom. The fourth-order valence-corrected chi connectivity index (χ4v) is 6.33. The minimum atomic E-state index is -4.37. The maximum atomic E-state index is 13.9. The van der Waals surface area contributed by atoms with E-state index < -0.39 is 66.6 Å². The second kappa shape index (κ2) is 21.6. The molecule has 0 saturated heterocycles. The summed E-state index contributed by atoms with van der Waals surface area (Å²) in [5.41, 5.74) is 0.772. The third-order valence-corrected chi connectivity index (χ3v) is 9.42. The fourth-order valence-electron chi connectivity index (χ4n) is 6.33. The molecule has 0 heterocycles. The van der Waals surface area contributed by atoms with Crippen LogP contribution >= 0.6 is 0 Å². The normalized spacial score (nSPS) is 17.3. The van der Waals surface area contributed by atoms with Crippen LogP contribution in [0, 0.1) is 42.4 Å². The van der Waals surface area contributed by atoms with Gasteiger partial charge in [0.1, 0.15) is 6.04 Å². The maximum Gasteiger partial charge on any atom is 0.401 e. The van der Waals surface area contributed by atoms with Crippen LogP contribution in [0.4, 0.5) is 13.2 Å². The number of aliphatic hydroxyl groups is 2. The van der Waals surface area contributed by atoms with Crippen LogP contribution in [0.25, 0.3) is 0 Å². The molecule has 1 fully saturated rings. The van der Waals surface area contributed by atoms with Crippen LogP contribution in [0.15, 0.2) is 30.3 Å². The first-order valence-corrected chi connectivity index (χ1v) is 17.5. The largest absolute Gasteiger partial charge is 0.401 e. The van der Waals surface area contributed by atoms with Gasteiger partial charge >= 0.3 is 6.18 Å². The molecule has 0 aromatic heterocycles. The number of unbranched alkanes of at least 4 members (excludes halogenated alkanes) is 1. The van der Waals surface area contributed by atoms with Gasteiger partial charge in [0.2, 0.25) is 17.7 Å². The number of aliphatic hydroxyl groups excluding tert-OH is 2. The summed E-state index contributed by atoms with van der Waals surface area (Å²) in [6.45, 7) is 0.484. The van der Waals surface area contributed by atoms with Crippen molar-refractivity contribution in [2.24, 2.45) is 17.8 Å². The van der Waals surface area contributed by atoms with Gasteiger partial charge in [0.25, 0.3) is 0 Å². The first-order valence-electron chi connectivity index (χ1n) is 17.5. The van der Waals surface area contributed by atoms with Gasteiger partial charge in [0, 0.05) is 38.9 Å². The Hall–Kier alpha value is -3.58. The van der Waals surface area contributed by atoms with Crippen LogP contribution < -0.4 is 10.6 Å². The van der Waals surface area contributed by atoms with E-state index in [1.807, 2.05) is 6.07 Å². The summed E-state index contributed by atoms with van der Waals surface area (Å²) >= 11 is 0. The highest BCUT2D eigenvalue weighted by atomic mass is 19.4. The van der Waals surface area contributed by atoms with Crippen LogP contribution in [0.3, 0.4) is 0 Å². The van der Waals surface area contributed by atoms with Crippen molar-refractivity contribution < 1.29 is 37.8 Å². The molecule has 2 rings (SSSR count). The number of nitrogens with one attached hydrogen (secondary N) is 2. The molecule has 50 heavy (non-hydrogen) atoms. The van der Waals surface area contributed by atoms with Gasteiger partial charge in [-0.2, -0.15) is 13.2 Å². The van der Waals surface area contributed by atoms with Gasteiger partial charge in [0.05, 0.1) is 30.7 Å². The van der Waals surface area contributed by atoms with Crippen molar-refractivity contribution in [1.29, 1.82) is 0 Å². The summed E-state index contributed by atoms with van der Waals surface area (Å²) in [6.07, 6.45) is 10.9. The van der Waals surface area contributed by atoms with Crippen molar-refractivity contribution in [1.82, 2.24) is 20.4 Å². The number of hydrogen-bond donors (Lipinski definition) is 4. The summed E-state index contributed by atoms with van der Waals surface area (Å²) in [7, 11) is 2.78. The van der Waals surface area contributed by atoms with E-state index in [-0.39, 0.29) is 38.3 Å². The lowest BCUT2D eigenvalue weighted by atomic mass is 9.82. The number of hydrogen-bond acceptors (Lipinski definition) is 6. The number of rotatable bonds is 20. The average molecular weight is 705 g/mol. The summed E-state index contributed by atoms with van der Waals surface area (Å²) in [5.74, 6) is 1.92. The maximum absolute atomic E-state index is 13.9. The molecule has 12 heteroatoms. The van der Waals surface area contributed by atoms with Gasteiger partial charge in [-0.1, -0.05) is 62.4 Å². The number of alkyl halides is 3. The van der Waals surface area contributed by atoms with Crippen LogP contribution in [0.1, 0.15) is 76.7 Å². The van der Waals surface area contributed by atoms with E-state index in [2.05, 4.69) is 22.5 Å². The summed E-state index contributed by atoms with van der Waals surface area (Å²) in [4.78, 5) is 43.4. The molecule has 4 unspecified atom stereocenters. The Morgan fingerprint density at radius 2 is 1.66 bits per heavy atom. The highest BCUT2D eigenvalue weighted by Gasteiger charge is 2.36. The molecule has 0 bridgehead atoms. The molecule has 1 aromatic rings. The molecule has 1 saturated carbocycles. The Labute approximate surface area is 295 Å². The third kappa shape index (κ3) is 15.5. The van der Waals surface area contributed by atoms with Gasteiger partial charge in [-0.3, -0.25) is 19.3 Å². The molecule has 1 aliphatic carbocycles. The highest BCUT2D eigenvalue weighted by molar-refractivity contribution is 5.91. The molecule has 278 valence electrons. The molecule has 0 radical (unpaired) electrons. The smallest absolute Gasteiger partial charge is 0.390 e. The van der Waals surface area contributed by atoms with E-state index in [1.54, 1.807) is 31.2 Å². The van der Waals surface area contributed by atoms with Gasteiger partial charge in [-0.05, 0) is 51.1 Å². The van der Waals surface area contributed by atoms with Crippen LogP contribution in [0.5, 0.6) is 0 Å². The number of carbonyl (C=O) groups excluding carboxylic acids is 3. The average Bonchev–Trinajstić information content (AvgIpc) is 3.08. The fraction of sp³-hybridized carbons (Fsp3) is 0.658. The molecule has 6 atom stereocenters. The first-order chi connectivity index (χ1) is 23.6. The van der Waals surface area contributed by atoms with Crippen molar-refractivity contribution >= 4 is 17.7 Å². The summed E-state index contributed by atoms with van der Waals surface area (Å²) in [6, 6.07) is 7.00. The standard InChI is InChI=1S/C38H55F3N4O5/c1-6-8-11-20-32(46)35(48)31(24-29-18-14-10-15-19-29)42-37(50)34(27(3)7-2)43-36(49)30(23-28-16-12-9-13-17-28)25-33(47)45(5)22-21-44(4)26-38(39,40)41/h1-2,9,12-13,16-17,27,29-32,34-35,46,48H,8,10-11,14-15,18-26H2,3-5H3,(H,42,50)(H,43,49)/t27?,30?,31?,32?,34-,35+/m0/s1. The molecule has 9 nitrogen and oxygen atoms in total. The summed E-state index contributed by atoms with van der Waals surface area (Å²) in [5, 5.41) is 27.7. The first kappa shape index (κ1) is 42.6. The monoisotopic (exact) mass is 704 g/mol. The van der Waals surface area contributed by atoms with E-state index in [0.29, 0.717) is 19.3 Å². The zero-order valence-electron chi connectivity index (χ0n) is 29.6. The van der Waals surface area contributed by atoms with Crippen molar-refractivity contribution in [3.8, 4) is 24.7 Å². The molecular weight excluding hydrogens is 649 g/mol. The Morgan fingerprint density at radius 1 is 1.00 bits per heavy atom. The predicted octanol–water partition coefficient (Wildman–Crippen LogP) is 3.92. The van der Waals surface area contributed by atoms with Crippen LogP contribution in [0.2, 0.25) is 0 Å². The van der Waals surface area contributed by atoms with Gasteiger partial charge in [-0.15, -0.1) is 24.7 Å². The second-order valence-corrected chi connectivity index (χ2v) is 13.7. The van der Waals surface area contributed by atoms with E-state index in [1.165, 1.54) is 19.0 Å². The molecule has 0 aliphatic heterocycles. The Kier molecular flexibility index (Phi) is 18.4. The number of benzene rings is 1. The molecular formula is C38H55F3N4O5. The number of nitrogens with zero attached hydrogens (tertiary/aromatic N) is 2. The van der Waals surface area contributed by atoms with Gasteiger partial charge in [0.15, 0.2) is 0 Å². The molecule has 1 aliphatic rings. The van der Waals surface area contributed by atoms with Crippen molar-refractivity contribution in [2.75, 3.05) is 33.7 Å². The minimum absolute atomic E-state index is 0.0174. The Bertz CT molecular complexity index is 1280. The van der Waals surface area contributed by atoms with E-state index in [4.69, 9.17) is 12.8 Å². The van der Waals surface area contributed by atoms with E-state index >= 15 is 0 Å². The SMILES string of the molecule is C#CCCCC(O)[C@H](O)C(CC1CCCCC1)NC(=O)[C@@H](NC(=O)C(CC(=O)N(C)CCN(C)CC(F)(F)F)Cc1ccccc1)C(C)C#C. The van der Waals surface area contributed by atoms with Crippen molar-refractivity contribution in [2.45, 2.75) is 108 Å².